The largest absolute Gasteiger partial charge is 0.497 e. The second-order valence-corrected chi connectivity index (χ2v) is 9.19. The van der Waals surface area contributed by atoms with Gasteiger partial charge in [0.05, 0.1) is 7.11 Å². The number of benzene rings is 1. The number of carbonyl (C=O) groups excluding carboxylic acids is 1. The summed E-state index contributed by atoms with van der Waals surface area (Å²) in [6.45, 7) is -0.137. The molecule has 29 heavy (non-hydrogen) atoms. The van der Waals surface area contributed by atoms with E-state index < -0.39 is 44.2 Å². The number of aliphatic hydroxyl groups is 1. The summed E-state index contributed by atoms with van der Waals surface area (Å²) < 4.78 is 56.7. The van der Waals surface area contributed by atoms with Crippen LogP contribution in [0.15, 0.2) is 35.3 Å². The van der Waals surface area contributed by atoms with Gasteiger partial charge < -0.3 is 14.4 Å². The van der Waals surface area contributed by atoms with Crippen molar-refractivity contribution in [2.75, 3.05) is 20.0 Å². The SMILES string of the molecule is COc1ccc(-c2cc(=O)n(CC[C@](C)(C(=O)CO)S(C)(=O)=O)cc2F)c(F)c1. The Morgan fingerprint density at radius 1 is 1.21 bits per heavy atom. The number of pyridine rings is 1. The predicted octanol–water partition coefficient (Wildman–Crippen LogP) is 1.56. The third kappa shape index (κ3) is 4.54. The third-order valence-corrected chi connectivity index (χ3v) is 6.99. The Hall–Kier alpha value is -2.59. The molecule has 1 atom stereocenters. The van der Waals surface area contributed by atoms with E-state index in [1.165, 1.54) is 19.2 Å². The molecule has 7 nitrogen and oxygen atoms in total. The minimum absolute atomic E-state index is 0.135. The number of aryl methyl sites for hydroxylation is 1. The molecule has 1 N–H and O–H groups in total. The van der Waals surface area contributed by atoms with Crippen molar-refractivity contribution in [3.8, 4) is 16.9 Å². The van der Waals surface area contributed by atoms with E-state index >= 15 is 0 Å². The number of sulfone groups is 1. The monoisotopic (exact) mass is 429 g/mol. The third-order valence-electron chi connectivity index (χ3n) is 4.93. The van der Waals surface area contributed by atoms with Gasteiger partial charge in [-0.15, -0.1) is 0 Å². The average molecular weight is 429 g/mol. The zero-order valence-corrected chi connectivity index (χ0v) is 16.9. The molecule has 2 rings (SSSR count). The first-order valence-electron chi connectivity index (χ1n) is 8.52. The van der Waals surface area contributed by atoms with Crippen LogP contribution in [0.4, 0.5) is 8.78 Å². The summed E-state index contributed by atoms with van der Waals surface area (Å²) in [4.78, 5) is 24.3. The summed E-state index contributed by atoms with van der Waals surface area (Å²) in [5.74, 6) is -2.37. The van der Waals surface area contributed by atoms with Gasteiger partial charge >= 0.3 is 0 Å². The standard InChI is InChI=1S/C19H21F2NO6S/c1-19(17(24)11-23,29(3,26)27)6-7-22-10-16(21)14(9-18(22)25)13-5-4-12(28-2)8-15(13)20/h4-5,8-10,23H,6-7,11H2,1-3H3/t19-/m1/s1. The number of nitrogens with zero attached hydrogens (tertiary/aromatic N) is 1. The van der Waals surface area contributed by atoms with E-state index in [9.17, 15) is 26.8 Å². The minimum atomic E-state index is -3.91. The molecular formula is C19H21F2NO6S. The van der Waals surface area contributed by atoms with Gasteiger partial charge in [-0.3, -0.25) is 9.59 Å². The molecule has 0 spiro atoms. The number of aliphatic hydroxyl groups excluding tert-OH is 1. The van der Waals surface area contributed by atoms with Crippen molar-refractivity contribution >= 4 is 15.6 Å². The maximum absolute atomic E-state index is 14.6. The lowest BCUT2D eigenvalue weighted by Crippen LogP contribution is -2.46. The van der Waals surface area contributed by atoms with Crippen LogP contribution in [0.2, 0.25) is 0 Å². The molecule has 1 aromatic heterocycles. The normalized spacial score (nSPS) is 13.7. The molecule has 0 amide bonds. The molecule has 1 aromatic carbocycles. The van der Waals surface area contributed by atoms with Crippen molar-refractivity contribution in [3.05, 3.63) is 52.5 Å². The molecule has 2 aromatic rings. The van der Waals surface area contributed by atoms with E-state index in [4.69, 9.17) is 9.84 Å². The number of halogens is 2. The molecule has 0 unspecified atom stereocenters. The summed E-state index contributed by atoms with van der Waals surface area (Å²) in [5, 5.41) is 9.07. The van der Waals surface area contributed by atoms with Crippen molar-refractivity contribution in [2.24, 2.45) is 0 Å². The number of hydrogen-bond donors (Lipinski definition) is 1. The number of hydrogen-bond acceptors (Lipinski definition) is 6. The van der Waals surface area contributed by atoms with Gasteiger partial charge in [0.1, 0.15) is 28.7 Å². The van der Waals surface area contributed by atoms with E-state index in [0.717, 1.165) is 36.1 Å². The number of ether oxygens (including phenoxy) is 1. The van der Waals surface area contributed by atoms with Crippen LogP contribution in [-0.2, 0) is 21.2 Å². The Labute approximate surface area is 166 Å². The lowest BCUT2D eigenvalue weighted by atomic mass is 10.0. The summed E-state index contributed by atoms with van der Waals surface area (Å²) in [7, 11) is -2.56. The van der Waals surface area contributed by atoms with E-state index in [2.05, 4.69) is 0 Å². The van der Waals surface area contributed by atoms with Crippen LogP contribution in [0.3, 0.4) is 0 Å². The molecule has 0 bridgehead atoms. The van der Waals surface area contributed by atoms with E-state index in [-0.39, 0.29) is 29.8 Å². The average Bonchev–Trinajstić information content (AvgIpc) is 2.66. The van der Waals surface area contributed by atoms with Gasteiger partial charge in [-0.05, 0) is 25.5 Å². The molecule has 0 aliphatic carbocycles. The highest BCUT2D eigenvalue weighted by Crippen LogP contribution is 2.28. The van der Waals surface area contributed by atoms with Gasteiger partial charge in [-0.2, -0.15) is 0 Å². The van der Waals surface area contributed by atoms with Crippen molar-refractivity contribution in [3.63, 3.8) is 0 Å². The number of methoxy groups -OCH3 is 1. The van der Waals surface area contributed by atoms with Gasteiger partial charge in [-0.1, -0.05) is 0 Å². The maximum Gasteiger partial charge on any atom is 0.251 e. The summed E-state index contributed by atoms with van der Waals surface area (Å²) in [6, 6.07) is 4.64. The maximum atomic E-state index is 14.6. The Balaban J connectivity index is 2.40. The van der Waals surface area contributed by atoms with Gasteiger partial charge in [0.25, 0.3) is 5.56 Å². The molecule has 0 aliphatic heterocycles. The number of Topliss-reactive ketones (excluding diaryl/α,β-unsaturated/α-hetero) is 1. The predicted molar refractivity (Wildman–Crippen MR) is 103 cm³/mol. The molecule has 0 saturated carbocycles. The highest BCUT2D eigenvalue weighted by Gasteiger charge is 2.42. The van der Waals surface area contributed by atoms with Crippen LogP contribution >= 0.6 is 0 Å². The minimum Gasteiger partial charge on any atom is -0.497 e. The molecule has 158 valence electrons. The first-order chi connectivity index (χ1) is 13.4. The Kier molecular flexibility index (Phi) is 6.59. The Morgan fingerprint density at radius 2 is 1.86 bits per heavy atom. The zero-order valence-electron chi connectivity index (χ0n) is 16.1. The van der Waals surface area contributed by atoms with Crippen LogP contribution in [0.25, 0.3) is 11.1 Å². The van der Waals surface area contributed by atoms with Crippen LogP contribution in [0.5, 0.6) is 5.75 Å². The number of carbonyl (C=O) groups is 1. The molecular weight excluding hydrogens is 408 g/mol. The van der Waals surface area contributed by atoms with Gasteiger partial charge in [0, 0.05) is 42.3 Å². The molecule has 0 fully saturated rings. The summed E-state index contributed by atoms with van der Waals surface area (Å²) in [6.07, 6.45) is 1.33. The van der Waals surface area contributed by atoms with Crippen molar-refractivity contribution in [1.29, 1.82) is 0 Å². The van der Waals surface area contributed by atoms with E-state index in [1.54, 1.807) is 0 Å². The Bertz CT molecular complexity index is 1100. The van der Waals surface area contributed by atoms with Crippen molar-refractivity contribution < 1.29 is 31.8 Å². The molecule has 10 heteroatoms. The summed E-state index contributed by atoms with van der Waals surface area (Å²) >= 11 is 0. The highest BCUT2D eigenvalue weighted by molar-refractivity contribution is 7.92. The van der Waals surface area contributed by atoms with Crippen LogP contribution in [-0.4, -0.2) is 48.6 Å². The fourth-order valence-electron chi connectivity index (χ4n) is 2.80. The Morgan fingerprint density at radius 3 is 2.38 bits per heavy atom. The quantitative estimate of drug-likeness (QED) is 0.683. The van der Waals surface area contributed by atoms with Gasteiger partial charge in [0.2, 0.25) is 0 Å². The molecule has 0 saturated heterocycles. The lowest BCUT2D eigenvalue weighted by Gasteiger charge is -2.25. The van der Waals surface area contributed by atoms with Gasteiger partial charge in [0.15, 0.2) is 15.6 Å². The second-order valence-electron chi connectivity index (χ2n) is 6.75. The molecule has 0 aliphatic rings. The van der Waals surface area contributed by atoms with E-state index in [1.807, 2.05) is 0 Å². The fraction of sp³-hybridized carbons (Fsp3) is 0.368. The van der Waals surface area contributed by atoms with Crippen molar-refractivity contribution in [2.45, 2.75) is 24.6 Å². The van der Waals surface area contributed by atoms with Crippen LogP contribution < -0.4 is 10.3 Å². The van der Waals surface area contributed by atoms with Crippen LogP contribution in [0.1, 0.15) is 13.3 Å². The zero-order chi connectivity index (χ0) is 22.0. The first kappa shape index (κ1) is 22.7. The molecule has 0 radical (unpaired) electrons. The first-order valence-corrected chi connectivity index (χ1v) is 10.4. The van der Waals surface area contributed by atoms with E-state index in [0.29, 0.717) is 0 Å². The smallest absolute Gasteiger partial charge is 0.251 e. The number of ketones is 1. The second kappa shape index (κ2) is 8.42. The number of rotatable bonds is 8. The van der Waals surface area contributed by atoms with Crippen LogP contribution in [0, 0.1) is 11.6 Å². The van der Waals surface area contributed by atoms with Crippen molar-refractivity contribution in [1.82, 2.24) is 4.57 Å². The molecule has 1 heterocycles. The fourth-order valence-corrected chi connectivity index (χ4v) is 3.74. The topological polar surface area (TPSA) is 103 Å². The summed E-state index contributed by atoms with van der Waals surface area (Å²) in [5.41, 5.74) is -1.10. The number of aromatic nitrogens is 1. The lowest BCUT2D eigenvalue weighted by molar-refractivity contribution is -0.124. The highest BCUT2D eigenvalue weighted by atomic mass is 32.2. The van der Waals surface area contributed by atoms with Gasteiger partial charge in [-0.25, -0.2) is 17.2 Å².